The highest BCUT2D eigenvalue weighted by atomic mass is 16.5. The molecule has 120 valence electrons. The van der Waals surface area contributed by atoms with Crippen LogP contribution in [0.2, 0.25) is 0 Å². The molecule has 1 heterocycles. The molecule has 0 atom stereocenters. The molecular formula is C16H21NO5. The number of amides is 1. The van der Waals surface area contributed by atoms with E-state index in [0.717, 1.165) is 11.3 Å². The van der Waals surface area contributed by atoms with Crippen molar-refractivity contribution in [1.82, 2.24) is 5.32 Å². The number of carboxylic acids is 1. The van der Waals surface area contributed by atoms with Crippen LogP contribution in [-0.2, 0) is 20.7 Å². The number of aliphatic carboxylic acids is 1. The van der Waals surface area contributed by atoms with Crippen molar-refractivity contribution in [3.8, 4) is 5.75 Å². The predicted octanol–water partition coefficient (Wildman–Crippen LogP) is 1.38. The topological polar surface area (TPSA) is 84.9 Å². The number of rotatable bonds is 6. The Labute approximate surface area is 129 Å². The molecule has 1 aliphatic heterocycles. The molecule has 0 saturated carbocycles. The fraction of sp³-hybridized carbons (Fsp3) is 0.500. The first-order chi connectivity index (χ1) is 10.5. The molecule has 2 N–H and O–H groups in total. The minimum Gasteiger partial charge on any atom is -0.497 e. The van der Waals surface area contributed by atoms with Gasteiger partial charge >= 0.3 is 5.97 Å². The van der Waals surface area contributed by atoms with E-state index in [2.05, 4.69) is 5.32 Å². The van der Waals surface area contributed by atoms with Gasteiger partial charge in [-0.1, -0.05) is 12.1 Å². The molecule has 0 bridgehead atoms. The average Bonchev–Trinajstić information content (AvgIpc) is 2.47. The summed E-state index contributed by atoms with van der Waals surface area (Å²) in [5.74, 6) is -0.351. The van der Waals surface area contributed by atoms with Crippen molar-refractivity contribution >= 4 is 11.9 Å². The van der Waals surface area contributed by atoms with Gasteiger partial charge in [-0.25, -0.2) is 0 Å². The van der Waals surface area contributed by atoms with Crippen molar-refractivity contribution in [3.05, 3.63) is 29.8 Å². The van der Waals surface area contributed by atoms with Crippen molar-refractivity contribution in [1.29, 1.82) is 0 Å². The standard InChI is InChI=1S/C16H21NO5/c1-21-13-4-2-12(3-5-13)10-14(18)17-16(11-15(19)20)6-8-22-9-7-16/h2-5H,6-11H2,1H3,(H,17,18)(H,19,20). The number of hydrogen-bond acceptors (Lipinski definition) is 4. The van der Waals surface area contributed by atoms with Gasteiger partial charge in [0, 0.05) is 13.2 Å². The summed E-state index contributed by atoms with van der Waals surface area (Å²) in [4.78, 5) is 23.3. The Morgan fingerprint density at radius 2 is 1.91 bits per heavy atom. The molecule has 6 nitrogen and oxygen atoms in total. The number of hydrogen-bond donors (Lipinski definition) is 2. The van der Waals surface area contributed by atoms with Crippen molar-refractivity contribution in [2.24, 2.45) is 0 Å². The third-order valence-electron chi connectivity index (χ3n) is 3.87. The fourth-order valence-corrected chi connectivity index (χ4v) is 2.67. The van der Waals surface area contributed by atoms with Crippen LogP contribution in [0.3, 0.4) is 0 Å². The number of nitrogens with one attached hydrogen (secondary N) is 1. The van der Waals surface area contributed by atoms with Gasteiger partial charge in [0.1, 0.15) is 5.75 Å². The number of carbonyl (C=O) groups excluding carboxylic acids is 1. The monoisotopic (exact) mass is 307 g/mol. The zero-order chi connectivity index (χ0) is 16.0. The summed E-state index contributed by atoms with van der Waals surface area (Å²) in [5.41, 5.74) is 0.156. The Balaban J connectivity index is 1.99. The van der Waals surface area contributed by atoms with Crippen LogP contribution >= 0.6 is 0 Å². The summed E-state index contributed by atoms with van der Waals surface area (Å²) in [6, 6.07) is 7.24. The molecule has 1 amide bonds. The highest BCUT2D eigenvalue weighted by Crippen LogP contribution is 2.25. The normalized spacial score (nSPS) is 16.8. The second-order valence-corrected chi connectivity index (χ2v) is 5.54. The van der Waals surface area contributed by atoms with Crippen LogP contribution in [0.1, 0.15) is 24.8 Å². The number of ether oxygens (including phenoxy) is 2. The molecule has 1 saturated heterocycles. The first kappa shape index (κ1) is 16.3. The smallest absolute Gasteiger partial charge is 0.305 e. The molecule has 0 unspecified atom stereocenters. The molecule has 1 aromatic rings. The predicted molar refractivity (Wildman–Crippen MR) is 79.9 cm³/mol. The van der Waals surface area contributed by atoms with E-state index in [4.69, 9.17) is 14.6 Å². The van der Waals surface area contributed by atoms with Crippen LogP contribution in [0.15, 0.2) is 24.3 Å². The third kappa shape index (κ3) is 4.46. The Hall–Kier alpha value is -2.08. The van der Waals surface area contributed by atoms with E-state index in [1.807, 2.05) is 12.1 Å². The largest absolute Gasteiger partial charge is 0.497 e. The summed E-state index contributed by atoms with van der Waals surface area (Å²) in [6.07, 6.45) is 1.18. The highest BCUT2D eigenvalue weighted by molar-refractivity contribution is 5.80. The van der Waals surface area contributed by atoms with Gasteiger partial charge in [0.05, 0.1) is 25.5 Å². The van der Waals surface area contributed by atoms with Crippen LogP contribution < -0.4 is 10.1 Å². The van der Waals surface area contributed by atoms with E-state index in [1.54, 1.807) is 19.2 Å². The Bertz CT molecular complexity index is 520. The Kier molecular flexibility index (Phi) is 5.38. The number of carboxylic acid groups (broad SMARTS) is 1. The molecular weight excluding hydrogens is 286 g/mol. The molecule has 0 spiro atoms. The molecule has 1 aliphatic rings. The minimum atomic E-state index is -0.911. The van der Waals surface area contributed by atoms with Gasteiger partial charge in [0.15, 0.2) is 0 Å². The number of carbonyl (C=O) groups is 2. The summed E-state index contributed by atoms with van der Waals surface area (Å²) in [5, 5.41) is 12.0. The van der Waals surface area contributed by atoms with Crippen molar-refractivity contribution in [2.75, 3.05) is 20.3 Å². The van der Waals surface area contributed by atoms with Crippen LogP contribution in [0, 0.1) is 0 Å². The van der Waals surface area contributed by atoms with E-state index < -0.39 is 11.5 Å². The van der Waals surface area contributed by atoms with E-state index in [-0.39, 0.29) is 18.7 Å². The van der Waals surface area contributed by atoms with Gasteiger partial charge in [-0.2, -0.15) is 0 Å². The molecule has 1 aromatic carbocycles. The van der Waals surface area contributed by atoms with Crippen molar-refractivity contribution in [3.63, 3.8) is 0 Å². The molecule has 0 aliphatic carbocycles. The SMILES string of the molecule is COc1ccc(CC(=O)NC2(CC(=O)O)CCOCC2)cc1. The summed E-state index contributed by atoms with van der Waals surface area (Å²) >= 11 is 0. The summed E-state index contributed by atoms with van der Waals surface area (Å²) in [6.45, 7) is 0.937. The van der Waals surface area contributed by atoms with Crippen LogP contribution in [-0.4, -0.2) is 42.8 Å². The third-order valence-corrected chi connectivity index (χ3v) is 3.87. The quantitative estimate of drug-likeness (QED) is 0.829. The van der Waals surface area contributed by atoms with Crippen LogP contribution in [0.25, 0.3) is 0 Å². The molecule has 6 heteroatoms. The van der Waals surface area contributed by atoms with Crippen molar-refractivity contribution in [2.45, 2.75) is 31.2 Å². The summed E-state index contributed by atoms with van der Waals surface area (Å²) in [7, 11) is 1.59. The zero-order valence-corrected chi connectivity index (χ0v) is 12.6. The minimum absolute atomic E-state index is 0.0787. The number of benzene rings is 1. The van der Waals surface area contributed by atoms with Gasteiger partial charge in [-0.05, 0) is 30.5 Å². The lowest BCUT2D eigenvalue weighted by Gasteiger charge is -2.36. The first-order valence-electron chi connectivity index (χ1n) is 7.26. The lowest BCUT2D eigenvalue weighted by Crippen LogP contribution is -2.53. The molecule has 0 aromatic heterocycles. The second kappa shape index (κ2) is 7.26. The molecule has 1 fully saturated rings. The van der Waals surface area contributed by atoms with Gasteiger partial charge < -0.3 is 19.9 Å². The van der Waals surface area contributed by atoms with E-state index in [1.165, 1.54) is 0 Å². The van der Waals surface area contributed by atoms with E-state index in [9.17, 15) is 9.59 Å². The van der Waals surface area contributed by atoms with E-state index >= 15 is 0 Å². The molecule has 0 radical (unpaired) electrons. The highest BCUT2D eigenvalue weighted by Gasteiger charge is 2.36. The van der Waals surface area contributed by atoms with Crippen LogP contribution in [0.4, 0.5) is 0 Å². The maximum atomic E-state index is 12.2. The number of methoxy groups -OCH3 is 1. The Morgan fingerprint density at radius 1 is 1.27 bits per heavy atom. The summed E-state index contributed by atoms with van der Waals surface area (Å²) < 4.78 is 10.3. The van der Waals surface area contributed by atoms with Gasteiger partial charge in [0.2, 0.25) is 5.91 Å². The van der Waals surface area contributed by atoms with Gasteiger partial charge in [-0.3, -0.25) is 9.59 Å². The lowest BCUT2D eigenvalue weighted by atomic mass is 9.86. The zero-order valence-electron chi connectivity index (χ0n) is 12.6. The van der Waals surface area contributed by atoms with Gasteiger partial charge in [-0.15, -0.1) is 0 Å². The fourth-order valence-electron chi connectivity index (χ4n) is 2.67. The second-order valence-electron chi connectivity index (χ2n) is 5.54. The molecule has 22 heavy (non-hydrogen) atoms. The maximum Gasteiger partial charge on any atom is 0.305 e. The maximum absolute atomic E-state index is 12.2. The van der Waals surface area contributed by atoms with E-state index in [0.29, 0.717) is 26.1 Å². The van der Waals surface area contributed by atoms with Gasteiger partial charge in [0.25, 0.3) is 0 Å². The first-order valence-corrected chi connectivity index (χ1v) is 7.26. The lowest BCUT2D eigenvalue weighted by molar-refractivity contribution is -0.140. The average molecular weight is 307 g/mol. The van der Waals surface area contributed by atoms with Crippen LogP contribution in [0.5, 0.6) is 5.75 Å². The molecule has 2 rings (SSSR count). The van der Waals surface area contributed by atoms with Crippen molar-refractivity contribution < 1.29 is 24.2 Å². The Morgan fingerprint density at radius 3 is 2.45 bits per heavy atom.